The van der Waals surface area contributed by atoms with Crippen molar-refractivity contribution in [2.24, 2.45) is 0 Å². The maximum atomic E-state index is 10.9. The van der Waals surface area contributed by atoms with Crippen molar-refractivity contribution < 1.29 is 9.90 Å². The molecule has 0 aromatic heterocycles. The van der Waals surface area contributed by atoms with Gasteiger partial charge in [0.1, 0.15) is 0 Å². The molecule has 0 aliphatic heterocycles. The van der Waals surface area contributed by atoms with E-state index in [9.17, 15) is 4.79 Å². The van der Waals surface area contributed by atoms with Gasteiger partial charge in [-0.05, 0) is 65.2 Å². The van der Waals surface area contributed by atoms with Gasteiger partial charge < -0.3 is 5.11 Å². The average molecular weight is 291 g/mol. The summed E-state index contributed by atoms with van der Waals surface area (Å²) in [5, 5.41) is 9.00. The molecule has 0 radical (unpaired) electrons. The number of hydrogen-bond donors (Lipinski definition) is 1. The second-order valence-corrected chi connectivity index (χ2v) is 7.00. The SMILES string of the molecule is Cc1cc(C)c(C(C)N(CCC(=O)O)C(C)(C)C)c(C)c1. The molecule has 0 spiro atoms. The second-order valence-electron chi connectivity index (χ2n) is 7.00. The summed E-state index contributed by atoms with van der Waals surface area (Å²) in [7, 11) is 0. The molecule has 1 N–H and O–H groups in total. The van der Waals surface area contributed by atoms with Crippen LogP contribution in [0.5, 0.6) is 0 Å². The van der Waals surface area contributed by atoms with Gasteiger partial charge >= 0.3 is 5.97 Å². The van der Waals surface area contributed by atoms with Crippen molar-refractivity contribution in [3.63, 3.8) is 0 Å². The fraction of sp³-hybridized carbons (Fsp3) is 0.611. The number of nitrogens with zero attached hydrogens (tertiary/aromatic N) is 1. The molecule has 3 nitrogen and oxygen atoms in total. The van der Waals surface area contributed by atoms with Crippen LogP contribution < -0.4 is 0 Å². The molecule has 21 heavy (non-hydrogen) atoms. The van der Waals surface area contributed by atoms with Gasteiger partial charge in [-0.2, -0.15) is 0 Å². The number of carbonyl (C=O) groups is 1. The number of rotatable bonds is 5. The molecular formula is C18H29NO2. The molecule has 1 atom stereocenters. The first kappa shape index (κ1) is 17.7. The van der Waals surface area contributed by atoms with Gasteiger partial charge in [-0.1, -0.05) is 17.7 Å². The molecule has 3 heteroatoms. The maximum absolute atomic E-state index is 10.9. The minimum Gasteiger partial charge on any atom is -0.481 e. The van der Waals surface area contributed by atoms with Crippen molar-refractivity contribution >= 4 is 5.97 Å². The second kappa shape index (κ2) is 6.61. The van der Waals surface area contributed by atoms with E-state index < -0.39 is 5.97 Å². The Morgan fingerprint density at radius 3 is 2.05 bits per heavy atom. The zero-order valence-electron chi connectivity index (χ0n) is 14.4. The fourth-order valence-electron chi connectivity index (χ4n) is 3.33. The summed E-state index contributed by atoms with van der Waals surface area (Å²) in [6.07, 6.45) is 0.172. The summed E-state index contributed by atoms with van der Waals surface area (Å²) in [5.41, 5.74) is 5.09. The number of aryl methyl sites for hydroxylation is 3. The summed E-state index contributed by atoms with van der Waals surface area (Å²) in [5.74, 6) is -0.742. The van der Waals surface area contributed by atoms with Crippen LogP contribution in [-0.4, -0.2) is 28.1 Å². The molecule has 0 saturated carbocycles. The molecule has 0 heterocycles. The quantitative estimate of drug-likeness (QED) is 0.881. The van der Waals surface area contributed by atoms with Crippen LogP contribution in [-0.2, 0) is 4.79 Å². The highest BCUT2D eigenvalue weighted by Gasteiger charge is 2.29. The lowest BCUT2D eigenvalue weighted by Crippen LogP contribution is -2.44. The summed E-state index contributed by atoms with van der Waals surface area (Å²) in [4.78, 5) is 13.2. The van der Waals surface area contributed by atoms with Crippen molar-refractivity contribution in [1.82, 2.24) is 4.90 Å². The molecule has 0 saturated heterocycles. The Labute approximate surface area is 129 Å². The Hall–Kier alpha value is -1.35. The molecule has 1 unspecified atom stereocenters. The van der Waals surface area contributed by atoms with Gasteiger partial charge in [0.2, 0.25) is 0 Å². The van der Waals surface area contributed by atoms with Gasteiger partial charge in [-0.3, -0.25) is 9.69 Å². The van der Waals surface area contributed by atoms with Gasteiger partial charge in [0.05, 0.1) is 6.42 Å². The summed E-state index contributed by atoms with van der Waals surface area (Å²) < 4.78 is 0. The van der Waals surface area contributed by atoms with E-state index in [1.165, 1.54) is 22.3 Å². The predicted molar refractivity (Wildman–Crippen MR) is 87.8 cm³/mol. The van der Waals surface area contributed by atoms with Crippen LogP contribution in [0.25, 0.3) is 0 Å². The minimum atomic E-state index is -0.742. The molecule has 0 aliphatic carbocycles. The van der Waals surface area contributed by atoms with Crippen LogP contribution in [0.2, 0.25) is 0 Å². The van der Waals surface area contributed by atoms with Gasteiger partial charge in [0, 0.05) is 18.1 Å². The highest BCUT2D eigenvalue weighted by atomic mass is 16.4. The molecule has 1 rings (SSSR count). The zero-order chi connectivity index (χ0) is 16.4. The standard InChI is InChI=1S/C18H29NO2/c1-12-10-13(2)17(14(3)11-12)15(4)19(18(5,6)7)9-8-16(20)21/h10-11,15H,8-9H2,1-7H3,(H,20,21). The minimum absolute atomic E-state index is 0.0708. The molecule has 1 aromatic rings. The molecule has 0 amide bonds. The van der Waals surface area contributed by atoms with Crippen molar-refractivity contribution in [2.75, 3.05) is 6.54 Å². The van der Waals surface area contributed by atoms with Crippen LogP contribution in [0.1, 0.15) is 62.4 Å². The highest BCUT2D eigenvalue weighted by Crippen LogP contribution is 2.32. The summed E-state index contributed by atoms with van der Waals surface area (Å²) in [6.45, 7) is 15.6. The first-order chi connectivity index (χ1) is 9.54. The van der Waals surface area contributed by atoms with Gasteiger partial charge in [0.15, 0.2) is 0 Å². The van der Waals surface area contributed by atoms with Crippen molar-refractivity contribution in [3.8, 4) is 0 Å². The zero-order valence-corrected chi connectivity index (χ0v) is 14.4. The fourth-order valence-corrected chi connectivity index (χ4v) is 3.33. The molecule has 0 fully saturated rings. The van der Waals surface area contributed by atoms with Gasteiger partial charge in [-0.25, -0.2) is 0 Å². The van der Waals surface area contributed by atoms with E-state index >= 15 is 0 Å². The van der Waals surface area contributed by atoms with E-state index in [4.69, 9.17) is 5.11 Å². The number of hydrogen-bond acceptors (Lipinski definition) is 2. The predicted octanol–water partition coefficient (Wildman–Crippen LogP) is 4.25. The summed E-state index contributed by atoms with van der Waals surface area (Å²) >= 11 is 0. The lowest BCUT2D eigenvalue weighted by atomic mass is 9.91. The van der Waals surface area contributed by atoms with Crippen molar-refractivity contribution in [1.29, 1.82) is 0 Å². The lowest BCUT2D eigenvalue weighted by Gasteiger charge is -2.41. The smallest absolute Gasteiger partial charge is 0.304 e. The van der Waals surface area contributed by atoms with Crippen molar-refractivity contribution in [2.45, 2.75) is 66.5 Å². The molecule has 1 aromatic carbocycles. The largest absolute Gasteiger partial charge is 0.481 e. The van der Waals surface area contributed by atoms with Crippen LogP contribution in [0.3, 0.4) is 0 Å². The van der Waals surface area contributed by atoms with E-state index in [1.807, 2.05) is 0 Å². The van der Waals surface area contributed by atoms with Gasteiger partial charge in [0.25, 0.3) is 0 Å². The molecule has 118 valence electrons. The van der Waals surface area contributed by atoms with E-state index in [1.54, 1.807) is 0 Å². The number of aliphatic carboxylic acids is 1. The Morgan fingerprint density at radius 1 is 1.19 bits per heavy atom. The van der Waals surface area contributed by atoms with Crippen LogP contribution >= 0.6 is 0 Å². The Bertz CT molecular complexity index is 491. The monoisotopic (exact) mass is 291 g/mol. The van der Waals surface area contributed by atoms with E-state index in [2.05, 4.69) is 65.5 Å². The van der Waals surface area contributed by atoms with E-state index in [0.717, 1.165) is 0 Å². The summed E-state index contributed by atoms with van der Waals surface area (Å²) in [6, 6.07) is 4.61. The number of carboxylic acids is 1. The normalized spacial score (nSPS) is 13.5. The van der Waals surface area contributed by atoms with Gasteiger partial charge in [-0.15, -0.1) is 0 Å². The first-order valence-corrected chi connectivity index (χ1v) is 7.60. The highest BCUT2D eigenvalue weighted by molar-refractivity contribution is 5.66. The third-order valence-electron chi connectivity index (χ3n) is 4.05. The topological polar surface area (TPSA) is 40.5 Å². The van der Waals surface area contributed by atoms with Crippen molar-refractivity contribution in [3.05, 3.63) is 34.4 Å². The third kappa shape index (κ3) is 4.57. The molecular weight excluding hydrogens is 262 g/mol. The Balaban J connectivity index is 3.17. The molecule has 0 aliphatic rings. The van der Waals surface area contributed by atoms with E-state index in [0.29, 0.717) is 6.54 Å². The Morgan fingerprint density at radius 2 is 1.67 bits per heavy atom. The van der Waals surface area contributed by atoms with Crippen LogP contribution in [0.15, 0.2) is 12.1 Å². The average Bonchev–Trinajstić information content (AvgIpc) is 2.24. The number of benzene rings is 1. The van der Waals surface area contributed by atoms with Crippen LogP contribution in [0, 0.1) is 20.8 Å². The van der Waals surface area contributed by atoms with Crippen LogP contribution in [0.4, 0.5) is 0 Å². The van der Waals surface area contributed by atoms with E-state index in [-0.39, 0.29) is 18.0 Å². The molecule has 0 bridgehead atoms. The third-order valence-corrected chi connectivity index (χ3v) is 4.05. The lowest BCUT2D eigenvalue weighted by molar-refractivity contribution is -0.137. The Kier molecular flexibility index (Phi) is 5.57. The maximum Gasteiger partial charge on any atom is 0.304 e. The first-order valence-electron chi connectivity index (χ1n) is 7.60. The number of carboxylic acid groups (broad SMARTS) is 1.